The van der Waals surface area contributed by atoms with Crippen LogP contribution in [0.3, 0.4) is 0 Å². The molecule has 118 valence electrons. The molecule has 0 saturated carbocycles. The van der Waals surface area contributed by atoms with Gasteiger partial charge in [0.15, 0.2) is 0 Å². The highest BCUT2D eigenvalue weighted by Gasteiger charge is 2.17. The van der Waals surface area contributed by atoms with Crippen LogP contribution in [0.5, 0.6) is 11.5 Å². The Bertz CT molecular complexity index is 637. The molecule has 0 spiro atoms. The van der Waals surface area contributed by atoms with Crippen molar-refractivity contribution in [2.24, 2.45) is 5.73 Å². The molecule has 0 amide bonds. The second-order valence-electron chi connectivity index (χ2n) is 5.67. The van der Waals surface area contributed by atoms with Crippen molar-refractivity contribution in [1.29, 1.82) is 0 Å². The molecule has 0 bridgehead atoms. The summed E-state index contributed by atoms with van der Waals surface area (Å²) >= 11 is 0. The number of ether oxygens (including phenoxy) is 2. The van der Waals surface area contributed by atoms with Gasteiger partial charge in [0.2, 0.25) is 0 Å². The van der Waals surface area contributed by atoms with Crippen LogP contribution in [0.15, 0.2) is 36.4 Å². The van der Waals surface area contributed by atoms with Gasteiger partial charge in [-0.05, 0) is 56.1 Å². The average molecular weight is 299 g/mol. The molecule has 1 unspecified atom stereocenters. The molecule has 0 aliphatic heterocycles. The number of methoxy groups -OCH3 is 2. The van der Waals surface area contributed by atoms with Crippen LogP contribution >= 0.6 is 0 Å². The zero-order chi connectivity index (χ0) is 16.1. The maximum Gasteiger partial charge on any atom is 0.122 e. The normalized spacial score (nSPS) is 12.0. The third-order valence-electron chi connectivity index (χ3n) is 4.13. The van der Waals surface area contributed by atoms with Crippen LogP contribution in [0.2, 0.25) is 0 Å². The number of hydrogen-bond donors (Lipinski definition) is 1. The maximum absolute atomic E-state index is 6.06. The van der Waals surface area contributed by atoms with E-state index in [2.05, 4.69) is 32.0 Å². The zero-order valence-electron chi connectivity index (χ0n) is 13.8. The van der Waals surface area contributed by atoms with Crippen molar-refractivity contribution in [3.05, 3.63) is 58.7 Å². The minimum atomic E-state index is 0.200. The molecule has 1 atom stereocenters. The van der Waals surface area contributed by atoms with Gasteiger partial charge >= 0.3 is 0 Å². The summed E-state index contributed by atoms with van der Waals surface area (Å²) in [4.78, 5) is 0. The summed E-state index contributed by atoms with van der Waals surface area (Å²) in [5, 5.41) is 0. The van der Waals surface area contributed by atoms with Crippen LogP contribution in [-0.4, -0.2) is 20.8 Å². The standard InChI is InChI=1S/C19H25NO2/c1-13-5-6-14(2)15(9-13)10-16(12-20)18-11-17(21-3)7-8-19(18)22-4/h5-9,11,16H,10,12,20H2,1-4H3. The summed E-state index contributed by atoms with van der Waals surface area (Å²) in [5.74, 6) is 1.89. The Hall–Kier alpha value is -2.00. The highest BCUT2D eigenvalue weighted by molar-refractivity contribution is 5.44. The van der Waals surface area contributed by atoms with Crippen molar-refractivity contribution in [2.75, 3.05) is 20.8 Å². The molecule has 2 aromatic rings. The van der Waals surface area contributed by atoms with Gasteiger partial charge in [-0.1, -0.05) is 23.8 Å². The first-order chi connectivity index (χ1) is 10.6. The number of benzene rings is 2. The van der Waals surface area contributed by atoms with Gasteiger partial charge in [-0.2, -0.15) is 0 Å². The Balaban J connectivity index is 2.37. The van der Waals surface area contributed by atoms with Crippen molar-refractivity contribution >= 4 is 0 Å². The largest absolute Gasteiger partial charge is 0.497 e. The van der Waals surface area contributed by atoms with Gasteiger partial charge in [0.05, 0.1) is 14.2 Å². The average Bonchev–Trinajstić information content (AvgIpc) is 2.55. The number of rotatable bonds is 6. The van der Waals surface area contributed by atoms with Gasteiger partial charge in [0.1, 0.15) is 11.5 Å². The summed E-state index contributed by atoms with van der Waals surface area (Å²) < 4.78 is 10.9. The predicted molar refractivity (Wildman–Crippen MR) is 91.0 cm³/mol. The quantitative estimate of drug-likeness (QED) is 0.886. The summed E-state index contributed by atoms with van der Waals surface area (Å²) in [7, 11) is 3.37. The van der Waals surface area contributed by atoms with Crippen LogP contribution < -0.4 is 15.2 Å². The molecular weight excluding hydrogens is 274 g/mol. The van der Waals surface area contributed by atoms with Crippen molar-refractivity contribution in [3.63, 3.8) is 0 Å². The second-order valence-corrected chi connectivity index (χ2v) is 5.67. The third-order valence-corrected chi connectivity index (χ3v) is 4.13. The van der Waals surface area contributed by atoms with E-state index in [9.17, 15) is 0 Å². The molecule has 0 aromatic heterocycles. The van der Waals surface area contributed by atoms with E-state index in [0.717, 1.165) is 23.5 Å². The lowest BCUT2D eigenvalue weighted by Crippen LogP contribution is -2.16. The number of aryl methyl sites for hydroxylation is 2. The van der Waals surface area contributed by atoms with E-state index >= 15 is 0 Å². The van der Waals surface area contributed by atoms with E-state index in [1.54, 1.807) is 14.2 Å². The van der Waals surface area contributed by atoms with E-state index in [1.807, 2.05) is 18.2 Å². The molecule has 22 heavy (non-hydrogen) atoms. The van der Waals surface area contributed by atoms with E-state index in [1.165, 1.54) is 16.7 Å². The van der Waals surface area contributed by atoms with Crippen molar-refractivity contribution in [2.45, 2.75) is 26.2 Å². The molecule has 0 aliphatic carbocycles. The lowest BCUT2D eigenvalue weighted by Gasteiger charge is -2.20. The lowest BCUT2D eigenvalue weighted by molar-refractivity contribution is 0.395. The first kappa shape index (κ1) is 16.4. The molecule has 2 rings (SSSR count). The van der Waals surface area contributed by atoms with E-state index in [4.69, 9.17) is 15.2 Å². The number of hydrogen-bond acceptors (Lipinski definition) is 3. The van der Waals surface area contributed by atoms with Crippen LogP contribution in [0.25, 0.3) is 0 Å². The Kier molecular flexibility index (Phi) is 5.45. The molecule has 3 nitrogen and oxygen atoms in total. The van der Waals surface area contributed by atoms with Crippen molar-refractivity contribution in [1.82, 2.24) is 0 Å². The minimum Gasteiger partial charge on any atom is -0.497 e. The molecule has 0 fully saturated rings. The Morgan fingerprint density at radius 3 is 2.41 bits per heavy atom. The van der Waals surface area contributed by atoms with Gasteiger partial charge < -0.3 is 15.2 Å². The molecule has 0 saturated heterocycles. The molecule has 0 aliphatic rings. The van der Waals surface area contributed by atoms with Crippen LogP contribution in [0, 0.1) is 13.8 Å². The highest BCUT2D eigenvalue weighted by Crippen LogP contribution is 2.32. The molecule has 2 aromatic carbocycles. The van der Waals surface area contributed by atoms with E-state index in [-0.39, 0.29) is 5.92 Å². The molecule has 0 radical (unpaired) electrons. The Morgan fingerprint density at radius 1 is 1.00 bits per heavy atom. The lowest BCUT2D eigenvalue weighted by atomic mass is 9.89. The summed E-state index contributed by atoms with van der Waals surface area (Å²) in [6.07, 6.45) is 0.896. The first-order valence-electron chi connectivity index (χ1n) is 7.57. The molecule has 0 heterocycles. The first-order valence-corrected chi connectivity index (χ1v) is 7.57. The van der Waals surface area contributed by atoms with E-state index < -0.39 is 0 Å². The van der Waals surface area contributed by atoms with Gasteiger partial charge in [-0.25, -0.2) is 0 Å². The van der Waals surface area contributed by atoms with Crippen LogP contribution in [-0.2, 0) is 6.42 Å². The molecule has 3 heteroatoms. The summed E-state index contributed by atoms with van der Waals surface area (Å²) in [6.45, 7) is 4.83. The Labute approximate surface area is 133 Å². The minimum absolute atomic E-state index is 0.200. The zero-order valence-corrected chi connectivity index (χ0v) is 13.8. The van der Waals surface area contributed by atoms with E-state index in [0.29, 0.717) is 6.54 Å². The van der Waals surface area contributed by atoms with Crippen molar-refractivity contribution < 1.29 is 9.47 Å². The van der Waals surface area contributed by atoms with Crippen molar-refractivity contribution in [3.8, 4) is 11.5 Å². The SMILES string of the molecule is COc1ccc(OC)c(C(CN)Cc2cc(C)ccc2C)c1. The maximum atomic E-state index is 6.06. The fourth-order valence-electron chi connectivity index (χ4n) is 2.76. The fourth-order valence-corrected chi connectivity index (χ4v) is 2.76. The smallest absolute Gasteiger partial charge is 0.122 e. The predicted octanol–water partition coefficient (Wildman–Crippen LogP) is 3.61. The molecular formula is C19H25NO2. The third kappa shape index (κ3) is 3.60. The number of nitrogens with two attached hydrogens (primary N) is 1. The monoisotopic (exact) mass is 299 g/mol. The molecule has 2 N–H and O–H groups in total. The van der Waals surface area contributed by atoms with Gasteiger partial charge in [-0.15, -0.1) is 0 Å². The van der Waals surface area contributed by atoms with Crippen LogP contribution in [0.4, 0.5) is 0 Å². The van der Waals surface area contributed by atoms with Gasteiger partial charge in [0.25, 0.3) is 0 Å². The van der Waals surface area contributed by atoms with Crippen LogP contribution in [0.1, 0.15) is 28.2 Å². The van der Waals surface area contributed by atoms with Gasteiger partial charge in [-0.3, -0.25) is 0 Å². The highest BCUT2D eigenvalue weighted by atomic mass is 16.5. The summed E-state index contributed by atoms with van der Waals surface area (Å²) in [6, 6.07) is 12.4. The summed E-state index contributed by atoms with van der Waals surface area (Å²) in [5.41, 5.74) is 11.1. The Morgan fingerprint density at radius 2 is 1.77 bits per heavy atom. The topological polar surface area (TPSA) is 44.5 Å². The second kappa shape index (κ2) is 7.32. The van der Waals surface area contributed by atoms with Gasteiger partial charge in [0, 0.05) is 11.5 Å². The fraction of sp³-hybridized carbons (Fsp3) is 0.368.